The number of rotatable bonds is 0. The van der Waals surface area contributed by atoms with Crippen molar-refractivity contribution >= 4 is 11.8 Å². The molecule has 3 rings (SSSR count). The molecule has 0 amide bonds. The van der Waals surface area contributed by atoms with Crippen molar-refractivity contribution in [3.05, 3.63) is 22.5 Å². The first-order valence-electron chi connectivity index (χ1n) is 6.87. The lowest BCUT2D eigenvalue weighted by molar-refractivity contribution is -0.144. The van der Waals surface area contributed by atoms with Crippen molar-refractivity contribution in [1.29, 1.82) is 0 Å². The smallest absolute Gasteiger partial charge is 0.309 e. The fourth-order valence-corrected chi connectivity index (χ4v) is 3.85. The third-order valence-electron chi connectivity index (χ3n) is 4.94. The largest absolute Gasteiger partial charge is 0.504 e. The van der Waals surface area contributed by atoms with E-state index in [0.29, 0.717) is 17.6 Å². The molecule has 20 heavy (non-hydrogen) atoms. The Morgan fingerprint density at radius 2 is 1.90 bits per heavy atom. The molecule has 0 spiro atoms. The summed E-state index contributed by atoms with van der Waals surface area (Å²) in [4.78, 5) is 24.0. The number of hydrogen-bond acceptors (Lipinski definition) is 5. The predicted octanol–water partition coefficient (Wildman–Crippen LogP) is 1.28. The van der Waals surface area contributed by atoms with Crippen molar-refractivity contribution < 1.29 is 24.5 Å². The first kappa shape index (κ1) is 13.4. The van der Waals surface area contributed by atoms with Gasteiger partial charge >= 0.3 is 5.97 Å². The molecule has 1 heterocycles. The van der Waals surface area contributed by atoms with Gasteiger partial charge < -0.3 is 14.9 Å². The van der Waals surface area contributed by atoms with Gasteiger partial charge in [0.2, 0.25) is 5.78 Å². The first-order chi connectivity index (χ1) is 9.34. The van der Waals surface area contributed by atoms with E-state index in [4.69, 9.17) is 4.74 Å². The average molecular weight is 278 g/mol. The average Bonchev–Trinajstić information content (AvgIpc) is 2.74. The maximum Gasteiger partial charge on any atom is 0.309 e. The van der Waals surface area contributed by atoms with Gasteiger partial charge in [-0.3, -0.25) is 9.59 Å². The van der Waals surface area contributed by atoms with Crippen LogP contribution in [0.2, 0.25) is 0 Å². The summed E-state index contributed by atoms with van der Waals surface area (Å²) in [6, 6.07) is 0. The number of ketones is 1. The third-order valence-corrected chi connectivity index (χ3v) is 4.94. The lowest BCUT2D eigenvalue weighted by Crippen LogP contribution is -2.35. The van der Waals surface area contributed by atoms with Gasteiger partial charge in [0.05, 0.1) is 17.9 Å². The number of aliphatic hydroxyl groups excluding tert-OH is 2. The highest BCUT2D eigenvalue weighted by Gasteiger charge is 2.55. The van der Waals surface area contributed by atoms with Crippen LogP contribution in [0.1, 0.15) is 27.2 Å². The van der Waals surface area contributed by atoms with Crippen LogP contribution < -0.4 is 0 Å². The summed E-state index contributed by atoms with van der Waals surface area (Å²) in [7, 11) is 0. The number of Topliss-reactive ketones (excluding diaryl/α,β-unsaturated/α-hetero) is 1. The molecule has 2 aliphatic carbocycles. The minimum Gasteiger partial charge on any atom is -0.504 e. The molecule has 0 aromatic rings. The molecular formula is C15H18O5. The Kier molecular flexibility index (Phi) is 2.80. The van der Waals surface area contributed by atoms with Crippen LogP contribution in [-0.2, 0) is 14.3 Å². The zero-order valence-electron chi connectivity index (χ0n) is 11.7. The molecule has 0 aromatic heterocycles. The van der Waals surface area contributed by atoms with Gasteiger partial charge in [-0.05, 0) is 25.8 Å². The van der Waals surface area contributed by atoms with Crippen LogP contribution in [0.25, 0.3) is 0 Å². The molecule has 5 nitrogen and oxygen atoms in total. The minimum absolute atomic E-state index is 0.241. The van der Waals surface area contributed by atoms with E-state index in [1.54, 1.807) is 20.8 Å². The van der Waals surface area contributed by atoms with E-state index in [-0.39, 0.29) is 17.6 Å². The van der Waals surface area contributed by atoms with Gasteiger partial charge in [-0.25, -0.2) is 0 Å². The molecule has 5 atom stereocenters. The van der Waals surface area contributed by atoms with Gasteiger partial charge in [0.25, 0.3) is 0 Å². The van der Waals surface area contributed by atoms with Gasteiger partial charge in [-0.2, -0.15) is 0 Å². The van der Waals surface area contributed by atoms with Crippen LogP contribution in [0.3, 0.4) is 0 Å². The summed E-state index contributed by atoms with van der Waals surface area (Å²) < 4.78 is 5.43. The predicted molar refractivity (Wildman–Crippen MR) is 69.7 cm³/mol. The second-order valence-corrected chi connectivity index (χ2v) is 6.07. The Bertz CT molecular complexity index is 571. The van der Waals surface area contributed by atoms with Crippen molar-refractivity contribution in [2.24, 2.45) is 17.8 Å². The standard InChI is InChI=1S/C15H18O5/c1-5-4-8(16)10-7(3)15(19)20-14(10)11-6(2)12(17)13(18)9(5)11/h7-8,10-11,14,16-17H,4H2,1-3H3/t7-,8-,10?,11-,14-/m0/s1. The second kappa shape index (κ2) is 4.19. The topological polar surface area (TPSA) is 83.8 Å². The van der Waals surface area contributed by atoms with Crippen LogP contribution in [0.15, 0.2) is 22.5 Å². The van der Waals surface area contributed by atoms with Gasteiger partial charge in [0.15, 0.2) is 5.76 Å². The van der Waals surface area contributed by atoms with Crippen LogP contribution in [0.4, 0.5) is 0 Å². The Morgan fingerprint density at radius 3 is 2.55 bits per heavy atom. The molecule has 3 aliphatic rings. The van der Waals surface area contributed by atoms with E-state index < -0.39 is 29.8 Å². The van der Waals surface area contributed by atoms with E-state index in [9.17, 15) is 19.8 Å². The summed E-state index contributed by atoms with van der Waals surface area (Å²) in [5.41, 5.74) is 1.80. The van der Waals surface area contributed by atoms with Crippen LogP contribution >= 0.6 is 0 Å². The van der Waals surface area contributed by atoms with Crippen LogP contribution in [0.5, 0.6) is 0 Å². The molecule has 2 N–H and O–H groups in total. The number of ether oxygens (including phenoxy) is 1. The normalized spacial score (nSPS) is 40.7. The number of allylic oxidation sites excluding steroid dienone is 1. The van der Waals surface area contributed by atoms with Gasteiger partial charge in [-0.15, -0.1) is 0 Å². The second-order valence-electron chi connectivity index (χ2n) is 6.07. The number of carbonyl (C=O) groups excluding carboxylic acids is 2. The van der Waals surface area contributed by atoms with E-state index in [0.717, 1.165) is 5.57 Å². The Morgan fingerprint density at radius 1 is 1.25 bits per heavy atom. The van der Waals surface area contributed by atoms with Crippen molar-refractivity contribution in [3.63, 3.8) is 0 Å². The fraction of sp³-hybridized carbons (Fsp3) is 0.600. The zero-order chi connectivity index (χ0) is 14.8. The lowest BCUT2D eigenvalue weighted by Gasteiger charge is -2.26. The molecule has 0 aromatic carbocycles. The van der Waals surface area contributed by atoms with Crippen LogP contribution in [-0.4, -0.2) is 34.2 Å². The molecule has 1 aliphatic heterocycles. The Balaban J connectivity index is 2.15. The minimum atomic E-state index is -0.706. The summed E-state index contributed by atoms with van der Waals surface area (Å²) in [5, 5.41) is 20.3. The first-order valence-corrected chi connectivity index (χ1v) is 6.87. The van der Waals surface area contributed by atoms with Gasteiger partial charge in [0.1, 0.15) is 6.10 Å². The molecular weight excluding hydrogens is 260 g/mol. The van der Waals surface area contributed by atoms with Gasteiger partial charge in [-0.1, -0.05) is 12.5 Å². The number of esters is 1. The van der Waals surface area contributed by atoms with Gasteiger partial charge in [0, 0.05) is 11.5 Å². The quantitative estimate of drug-likeness (QED) is 0.652. The zero-order valence-corrected chi connectivity index (χ0v) is 11.7. The summed E-state index contributed by atoms with van der Waals surface area (Å²) in [6.45, 7) is 5.22. The van der Waals surface area contributed by atoms with E-state index in [2.05, 4.69) is 0 Å². The highest BCUT2D eigenvalue weighted by molar-refractivity contribution is 6.11. The maximum atomic E-state index is 12.2. The summed E-state index contributed by atoms with van der Waals surface area (Å²) in [6.07, 6.45) is -0.934. The van der Waals surface area contributed by atoms with E-state index in [1.165, 1.54) is 0 Å². The summed E-state index contributed by atoms with van der Waals surface area (Å²) in [5.74, 6) is -2.13. The lowest BCUT2D eigenvalue weighted by atomic mass is 9.80. The number of fused-ring (bicyclic) bond motifs is 3. The van der Waals surface area contributed by atoms with E-state index in [1.807, 2.05) is 0 Å². The SMILES string of the molecule is CC1=C2C(=O)C(O)=C(C)[C@@H]2[C@H]2OC(=O)[C@@H](C)C2[C@@H](O)C1. The number of aliphatic hydroxyl groups is 2. The van der Waals surface area contributed by atoms with Crippen molar-refractivity contribution in [1.82, 2.24) is 0 Å². The molecule has 1 fully saturated rings. The highest BCUT2D eigenvalue weighted by atomic mass is 16.6. The maximum absolute atomic E-state index is 12.2. The third kappa shape index (κ3) is 1.53. The Labute approximate surface area is 116 Å². The van der Waals surface area contributed by atoms with Crippen molar-refractivity contribution in [3.8, 4) is 0 Å². The molecule has 1 unspecified atom stereocenters. The molecule has 0 saturated carbocycles. The summed E-state index contributed by atoms with van der Waals surface area (Å²) >= 11 is 0. The van der Waals surface area contributed by atoms with Crippen molar-refractivity contribution in [2.75, 3.05) is 0 Å². The number of carbonyl (C=O) groups is 2. The molecule has 0 bridgehead atoms. The monoisotopic (exact) mass is 278 g/mol. The molecule has 5 heteroatoms. The Hall–Kier alpha value is -1.62. The molecule has 1 saturated heterocycles. The molecule has 0 radical (unpaired) electrons. The van der Waals surface area contributed by atoms with Crippen LogP contribution in [0, 0.1) is 17.8 Å². The molecule has 108 valence electrons. The number of hydrogen-bond donors (Lipinski definition) is 2. The van der Waals surface area contributed by atoms with Crippen molar-refractivity contribution in [2.45, 2.75) is 39.4 Å². The highest BCUT2D eigenvalue weighted by Crippen LogP contribution is 2.48. The van der Waals surface area contributed by atoms with E-state index >= 15 is 0 Å². The fourth-order valence-electron chi connectivity index (χ4n) is 3.85.